The van der Waals surface area contributed by atoms with Crippen molar-refractivity contribution in [2.24, 2.45) is 0 Å². The summed E-state index contributed by atoms with van der Waals surface area (Å²) in [6, 6.07) is 17.5. The lowest BCUT2D eigenvalue weighted by Gasteiger charge is -2.19. The predicted octanol–water partition coefficient (Wildman–Crippen LogP) is 5.14. The smallest absolute Gasteiger partial charge is 0.119 e. The van der Waals surface area contributed by atoms with Crippen molar-refractivity contribution in [3.05, 3.63) is 60.2 Å². The summed E-state index contributed by atoms with van der Waals surface area (Å²) in [5.74, 6) is 1.49. The lowest BCUT2D eigenvalue weighted by Crippen LogP contribution is -2.11. The van der Waals surface area contributed by atoms with Gasteiger partial charge in [-0.05, 0) is 24.6 Å². The molecule has 0 spiro atoms. The summed E-state index contributed by atoms with van der Waals surface area (Å²) in [5, 5.41) is 10.1. The lowest BCUT2D eigenvalue weighted by atomic mass is 9.93. The van der Waals surface area contributed by atoms with Crippen LogP contribution in [0.1, 0.15) is 44.1 Å². The van der Waals surface area contributed by atoms with Crippen LogP contribution in [-0.2, 0) is 0 Å². The van der Waals surface area contributed by atoms with E-state index in [4.69, 9.17) is 4.74 Å². The largest absolute Gasteiger partial charge is 0.508 e. The molecule has 112 valence electrons. The van der Waals surface area contributed by atoms with Crippen LogP contribution >= 0.6 is 0 Å². The number of rotatable bonds is 8. The molecule has 2 rings (SSSR count). The van der Waals surface area contributed by atoms with Gasteiger partial charge in [-0.15, -0.1) is 0 Å². The first-order valence-corrected chi connectivity index (χ1v) is 7.77. The van der Waals surface area contributed by atoms with Gasteiger partial charge in [0, 0.05) is 11.5 Å². The Morgan fingerprint density at radius 1 is 0.952 bits per heavy atom. The van der Waals surface area contributed by atoms with E-state index in [1.54, 1.807) is 6.07 Å². The fraction of sp³-hybridized carbons (Fsp3) is 0.368. The van der Waals surface area contributed by atoms with Crippen LogP contribution in [-0.4, -0.2) is 11.7 Å². The van der Waals surface area contributed by atoms with Crippen molar-refractivity contribution < 1.29 is 9.84 Å². The molecular weight excluding hydrogens is 260 g/mol. The average molecular weight is 284 g/mol. The summed E-state index contributed by atoms with van der Waals surface area (Å²) < 4.78 is 5.90. The Kier molecular flexibility index (Phi) is 6.14. The summed E-state index contributed by atoms with van der Waals surface area (Å²) in [4.78, 5) is 0. The van der Waals surface area contributed by atoms with Crippen LogP contribution in [0, 0.1) is 0 Å². The number of phenols is 1. The number of hydrogen-bond acceptors (Lipinski definition) is 2. The van der Waals surface area contributed by atoms with E-state index in [1.807, 2.05) is 48.5 Å². The molecule has 2 aromatic carbocycles. The molecule has 1 N–H and O–H groups in total. The van der Waals surface area contributed by atoms with Crippen molar-refractivity contribution in [2.45, 2.75) is 38.5 Å². The van der Waals surface area contributed by atoms with Gasteiger partial charge in [0.2, 0.25) is 0 Å². The molecule has 0 bridgehead atoms. The fourth-order valence-corrected chi connectivity index (χ4v) is 2.52. The molecule has 0 heterocycles. The SMILES string of the molecule is CCCCCC(COc1ccccc1)c1ccccc1O. The maximum Gasteiger partial charge on any atom is 0.119 e. The highest BCUT2D eigenvalue weighted by Gasteiger charge is 2.15. The van der Waals surface area contributed by atoms with Crippen LogP contribution < -0.4 is 4.74 Å². The highest BCUT2D eigenvalue weighted by molar-refractivity contribution is 5.35. The Bertz CT molecular complexity index is 522. The minimum Gasteiger partial charge on any atom is -0.508 e. The second-order valence-electron chi connectivity index (χ2n) is 5.38. The van der Waals surface area contributed by atoms with Crippen LogP contribution in [0.3, 0.4) is 0 Å². The fourth-order valence-electron chi connectivity index (χ4n) is 2.52. The van der Waals surface area contributed by atoms with Crippen molar-refractivity contribution in [3.8, 4) is 11.5 Å². The van der Waals surface area contributed by atoms with Crippen molar-refractivity contribution >= 4 is 0 Å². The van der Waals surface area contributed by atoms with E-state index < -0.39 is 0 Å². The first kappa shape index (κ1) is 15.4. The lowest BCUT2D eigenvalue weighted by molar-refractivity contribution is 0.275. The Morgan fingerprint density at radius 2 is 1.67 bits per heavy atom. The van der Waals surface area contributed by atoms with Gasteiger partial charge in [-0.2, -0.15) is 0 Å². The molecule has 2 aromatic rings. The summed E-state index contributed by atoms with van der Waals surface area (Å²) in [7, 11) is 0. The van der Waals surface area contributed by atoms with Gasteiger partial charge in [0.05, 0.1) is 6.61 Å². The van der Waals surface area contributed by atoms with Crippen molar-refractivity contribution in [1.29, 1.82) is 0 Å². The number of para-hydroxylation sites is 2. The van der Waals surface area contributed by atoms with Gasteiger partial charge in [0.1, 0.15) is 11.5 Å². The molecular formula is C19H24O2. The molecule has 2 heteroatoms. The van der Waals surface area contributed by atoms with Crippen LogP contribution in [0.5, 0.6) is 11.5 Å². The van der Waals surface area contributed by atoms with Gasteiger partial charge in [-0.3, -0.25) is 0 Å². The van der Waals surface area contributed by atoms with Gasteiger partial charge < -0.3 is 9.84 Å². The monoisotopic (exact) mass is 284 g/mol. The number of benzene rings is 2. The molecule has 0 fully saturated rings. The van der Waals surface area contributed by atoms with E-state index >= 15 is 0 Å². The Labute approximate surface area is 127 Å². The third kappa shape index (κ3) is 4.82. The topological polar surface area (TPSA) is 29.5 Å². The molecule has 0 amide bonds. The zero-order chi connectivity index (χ0) is 14.9. The van der Waals surface area contributed by atoms with Crippen LogP contribution in [0.15, 0.2) is 54.6 Å². The second-order valence-corrected chi connectivity index (χ2v) is 5.38. The number of phenolic OH excluding ortho intramolecular Hbond substituents is 1. The standard InChI is InChI=1S/C19H24O2/c1-2-3-5-10-16(18-13-8-9-14-19(18)20)15-21-17-11-6-4-7-12-17/h4,6-9,11-14,16,20H,2-3,5,10,15H2,1H3. The third-order valence-electron chi connectivity index (χ3n) is 3.73. The van der Waals surface area contributed by atoms with E-state index in [-0.39, 0.29) is 5.92 Å². The highest BCUT2D eigenvalue weighted by Crippen LogP contribution is 2.30. The molecule has 0 saturated heterocycles. The summed E-state index contributed by atoms with van der Waals surface area (Å²) in [6.07, 6.45) is 4.62. The van der Waals surface area contributed by atoms with Gasteiger partial charge in [-0.25, -0.2) is 0 Å². The van der Waals surface area contributed by atoms with Gasteiger partial charge in [0.25, 0.3) is 0 Å². The Morgan fingerprint density at radius 3 is 2.38 bits per heavy atom. The first-order valence-electron chi connectivity index (χ1n) is 7.77. The van der Waals surface area contributed by atoms with Crippen LogP contribution in [0.25, 0.3) is 0 Å². The van der Waals surface area contributed by atoms with E-state index in [0.29, 0.717) is 12.4 Å². The van der Waals surface area contributed by atoms with E-state index in [0.717, 1.165) is 24.2 Å². The first-order chi connectivity index (χ1) is 10.3. The van der Waals surface area contributed by atoms with E-state index in [1.165, 1.54) is 12.8 Å². The zero-order valence-electron chi connectivity index (χ0n) is 12.7. The summed E-state index contributed by atoms with van der Waals surface area (Å²) in [5.41, 5.74) is 0.990. The van der Waals surface area contributed by atoms with Gasteiger partial charge >= 0.3 is 0 Å². The van der Waals surface area contributed by atoms with Gasteiger partial charge in [0.15, 0.2) is 0 Å². The highest BCUT2D eigenvalue weighted by atomic mass is 16.5. The molecule has 0 aromatic heterocycles. The molecule has 0 aliphatic carbocycles. The Balaban J connectivity index is 2.03. The number of hydrogen-bond donors (Lipinski definition) is 1. The van der Waals surface area contributed by atoms with Crippen LogP contribution in [0.2, 0.25) is 0 Å². The molecule has 0 saturated carbocycles. The van der Waals surface area contributed by atoms with Crippen molar-refractivity contribution in [1.82, 2.24) is 0 Å². The molecule has 0 aliphatic heterocycles. The number of ether oxygens (including phenoxy) is 1. The summed E-state index contributed by atoms with van der Waals surface area (Å²) in [6.45, 7) is 2.81. The maximum atomic E-state index is 10.1. The zero-order valence-corrected chi connectivity index (χ0v) is 12.7. The van der Waals surface area contributed by atoms with E-state index in [9.17, 15) is 5.11 Å². The van der Waals surface area contributed by atoms with E-state index in [2.05, 4.69) is 6.92 Å². The number of unbranched alkanes of at least 4 members (excludes halogenated alkanes) is 2. The quantitative estimate of drug-likeness (QED) is 0.680. The normalized spacial score (nSPS) is 12.0. The van der Waals surface area contributed by atoms with Crippen molar-refractivity contribution in [3.63, 3.8) is 0 Å². The molecule has 0 aliphatic rings. The summed E-state index contributed by atoms with van der Waals surface area (Å²) >= 11 is 0. The van der Waals surface area contributed by atoms with Crippen molar-refractivity contribution in [2.75, 3.05) is 6.61 Å². The predicted molar refractivity (Wildman–Crippen MR) is 86.9 cm³/mol. The maximum absolute atomic E-state index is 10.1. The third-order valence-corrected chi connectivity index (χ3v) is 3.73. The minimum absolute atomic E-state index is 0.234. The number of aromatic hydroxyl groups is 1. The molecule has 1 atom stereocenters. The molecule has 21 heavy (non-hydrogen) atoms. The molecule has 0 radical (unpaired) electrons. The Hall–Kier alpha value is -1.96. The minimum atomic E-state index is 0.234. The van der Waals surface area contributed by atoms with Gasteiger partial charge in [-0.1, -0.05) is 62.6 Å². The second kappa shape index (κ2) is 8.35. The molecule has 2 nitrogen and oxygen atoms in total. The average Bonchev–Trinajstić information content (AvgIpc) is 2.53. The van der Waals surface area contributed by atoms with Crippen LogP contribution in [0.4, 0.5) is 0 Å². The molecule has 1 unspecified atom stereocenters.